The Morgan fingerprint density at radius 2 is 1.91 bits per heavy atom. The molecule has 2 aromatic carbocycles. The van der Waals surface area contributed by atoms with Crippen LogP contribution in [-0.4, -0.2) is 20.7 Å². The average molecular weight is 482 g/mol. The Hall–Kier alpha value is -3.03. The number of furan rings is 1. The Morgan fingerprint density at radius 1 is 1.18 bits per heavy atom. The highest BCUT2D eigenvalue weighted by Crippen LogP contribution is 2.27. The van der Waals surface area contributed by atoms with Gasteiger partial charge in [0.25, 0.3) is 5.56 Å². The highest BCUT2D eigenvalue weighted by atomic mass is 35.5. The molecule has 4 aromatic rings. The Labute approximate surface area is 201 Å². The van der Waals surface area contributed by atoms with Crippen molar-refractivity contribution in [2.45, 2.75) is 44.6 Å². The van der Waals surface area contributed by atoms with Gasteiger partial charge >= 0.3 is 0 Å². The van der Waals surface area contributed by atoms with Crippen molar-refractivity contribution < 1.29 is 9.21 Å². The van der Waals surface area contributed by atoms with E-state index in [1.807, 2.05) is 32.9 Å². The summed E-state index contributed by atoms with van der Waals surface area (Å²) in [7, 11) is 0. The standard InChI is InChI=1S/C25H24ClN3O3S/c1-14-10-15(2)22(16(3)11-14)28-23(30)17(4)33-25-27-21-12-18(26)7-8-20(21)24(31)29(25)13-19-6-5-9-32-19/h5-12,17H,13H2,1-4H3,(H,28,30). The molecule has 0 aliphatic rings. The van der Waals surface area contributed by atoms with E-state index >= 15 is 0 Å². The molecule has 0 fully saturated rings. The van der Waals surface area contributed by atoms with Gasteiger partial charge in [-0.25, -0.2) is 4.98 Å². The molecule has 33 heavy (non-hydrogen) atoms. The van der Waals surface area contributed by atoms with Crippen LogP contribution in [0, 0.1) is 20.8 Å². The molecule has 6 nitrogen and oxygen atoms in total. The summed E-state index contributed by atoms with van der Waals surface area (Å²) in [6.45, 7) is 7.99. The lowest BCUT2D eigenvalue weighted by molar-refractivity contribution is -0.115. The number of anilines is 1. The van der Waals surface area contributed by atoms with E-state index in [0.29, 0.717) is 26.8 Å². The van der Waals surface area contributed by atoms with Crippen molar-refractivity contribution in [3.63, 3.8) is 0 Å². The number of carbonyl (C=O) groups is 1. The van der Waals surface area contributed by atoms with E-state index in [4.69, 9.17) is 16.0 Å². The number of fused-ring (bicyclic) bond motifs is 1. The Balaban J connectivity index is 1.68. The van der Waals surface area contributed by atoms with Gasteiger partial charge in [0.15, 0.2) is 5.16 Å². The molecule has 0 spiro atoms. The van der Waals surface area contributed by atoms with Gasteiger partial charge in [-0.2, -0.15) is 0 Å². The van der Waals surface area contributed by atoms with E-state index in [1.54, 1.807) is 43.5 Å². The number of rotatable bonds is 6. The largest absolute Gasteiger partial charge is 0.467 e. The third-order valence-corrected chi connectivity index (χ3v) is 6.68. The van der Waals surface area contributed by atoms with Crippen LogP contribution in [0.3, 0.4) is 0 Å². The number of amides is 1. The number of carbonyl (C=O) groups excluding carboxylic acids is 1. The monoisotopic (exact) mass is 481 g/mol. The maximum atomic E-state index is 13.3. The van der Waals surface area contributed by atoms with Crippen molar-refractivity contribution in [1.29, 1.82) is 0 Å². The molecule has 1 N–H and O–H groups in total. The van der Waals surface area contributed by atoms with Gasteiger partial charge in [0.2, 0.25) is 5.91 Å². The molecule has 0 aliphatic heterocycles. The molecule has 2 heterocycles. The fourth-order valence-electron chi connectivity index (χ4n) is 3.78. The lowest BCUT2D eigenvalue weighted by atomic mass is 10.1. The molecule has 0 aliphatic carbocycles. The van der Waals surface area contributed by atoms with Gasteiger partial charge in [0, 0.05) is 10.7 Å². The van der Waals surface area contributed by atoms with E-state index in [2.05, 4.69) is 10.3 Å². The molecule has 2 aromatic heterocycles. The van der Waals surface area contributed by atoms with Crippen molar-refractivity contribution in [3.8, 4) is 0 Å². The van der Waals surface area contributed by atoms with Gasteiger partial charge < -0.3 is 9.73 Å². The van der Waals surface area contributed by atoms with E-state index in [9.17, 15) is 9.59 Å². The first kappa shape index (κ1) is 23.1. The van der Waals surface area contributed by atoms with Crippen LogP contribution < -0.4 is 10.9 Å². The molecule has 0 saturated carbocycles. The van der Waals surface area contributed by atoms with Crippen molar-refractivity contribution in [2.24, 2.45) is 0 Å². The summed E-state index contributed by atoms with van der Waals surface area (Å²) < 4.78 is 6.98. The number of thioether (sulfide) groups is 1. The van der Waals surface area contributed by atoms with Crippen LogP contribution in [0.5, 0.6) is 0 Å². The van der Waals surface area contributed by atoms with Crippen LogP contribution in [0.2, 0.25) is 5.02 Å². The normalized spacial score (nSPS) is 12.2. The van der Waals surface area contributed by atoms with Crippen LogP contribution in [-0.2, 0) is 11.3 Å². The van der Waals surface area contributed by atoms with Gasteiger partial charge in [-0.05, 0) is 69.2 Å². The highest BCUT2D eigenvalue weighted by molar-refractivity contribution is 8.00. The van der Waals surface area contributed by atoms with Crippen molar-refractivity contribution >= 4 is 45.9 Å². The molecule has 1 amide bonds. The van der Waals surface area contributed by atoms with Crippen molar-refractivity contribution in [3.05, 3.63) is 86.6 Å². The van der Waals surface area contributed by atoms with Gasteiger partial charge in [-0.1, -0.05) is 41.1 Å². The summed E-state index contributed by atoms with van der Waals surface area (Å²) >= 11 is 7.35. The Bertz CT molecular complexity index is 1370. The number of nitrogens with one attached hydrogen (secondary N) is 1. The topological polar surface area (TPSA) is 77.1 Å². The fourth-order valence-corrected chi connectivity index (χ4v) is 4.85. The molecule has 1 atom stereocenters. The quantitative estimate of drug-likeness (QED) is 0.281. The molecule has 0 saturated heterocycles. The summed E-state index contributed by atoms with van der Waals surface area (Å²) in [4.78, 5) is 31.0. The van der Waals surface area contributed by atoms with Crippen LogP contribution in [0.15, 0.2) is 63.1 Å². The minimum Gasteiger partial charge on any atom is -0.467 e. The first-order valence-electron chi connectivity index (χ1n) is 10.5. The second kappa shape index (κ2) is 9.45. The lowest BCUT2D eigenvalue weighted by Gasteiger charge is -2.18. The zero-order valence-corrected chi connectivity index (χ0v) is 20.4. The van der Waals surface area contributed by atoms with E-state index < -0.39 is 5.25 Å². The SMILES string of the molecule is Cc1cc(C)c(NC(=O)C(C)Sc2nc3cc(Cl)ccc3c(=O)n2Cc2ccco2)c(C)c1. The highest BCUT2D eigenvalue weighted by Gasteiger charge is 2.21. The number of hydrogen-bond donors (Lipinski definition) is 1. The molecular weight excluding hydrogens is 458 g/mol. The van der Waals surface area contributed by atoms with Gasteiger partial charge in [0.1, 0.15) is 5.76 Å². The molecule has 1 unspecified atom stereocenters. The smallest absolute Gasteiger partial charge is 0.262 e. The maximum absolute atomic E-state index is 13.3. The first-order valence-corrected chi connectivity index (χ1v) is 11.8. The molecule has 8 heteroatoms. The summed E-state index contributed by atoms with van der Waals surface area (Å²) in [5.74, 6) is 0.456. The predicted molar refractivity (Wildman–Crippen MR) is 133 cm³/mol. The Kier molecular flexibility index (Phi) is 6.63. The lowest BCUT2D eigenvalue weighted by Crippen LogP contribution is -2.27. The van der Waals surface area contributed by atoms with E-state index in [-0.39, 0.29) is 18.0 Å². The number of aryl methyl sites for hydroxylation is 3. The van der Waals surface area contributed by atoms with Crippen LogP contribution in [0.4, 0.5) is 5.69 Å². The number of aromatic nitrogens is 2. The summed E-state index contributed by atoms with van der Waals surface area (Å²) in [6, 6.07) is 12.6. The van der Waals surface area contributed by atoms with Crippen molar-refractivity contribution in [2.75, 3.05) is 5.32 Å². The average Bonchev–Trinajstić information content (AvgIpc) is 3.26. The number of nitrogens with zero attached hydrogens (tertiary/aromatic N) is 2. The summed E-state index contributed by atoms with van der Waals surface area (Å²) in [5, 5.41) is 3.90. The van der Waals surface area contributed by atoms with Crippen molar-refractivity contribution in [1.82, 2.24) is 9.55 Å². The van der Waals surface area contributed by atoms with Crippen LogP contribution in [0.25, 0.3) is 10.9 Å². The zero-order chi connectivity index (χ0) is 23.7. The van der Waals surface area contributed by atoms with Gasteiger partial charge in [0.05, 0.1) is 29.0 Å². The number of benzene rings is 2. The minimum atomic E-state index is -0.503. The molecule has 0 bridgehead atoms. The van der Waals surface area contributed by atoms with Gasteiger partial charge in [-0.3, -0.25) is 14.2 Å². The van der Waals surface area contributed by atoms with E-state index in [1.165, 1.54) is 16.3 Å². The van der Waals surface area contributed by atoms with Crippen LogP contribution >= 0.6 is 23.4 Å². The summed E-state index contributed by atoms with van der Waals surface area (Å²) in [5.41, 5.74) is 4.24. The second-order valence-electron chi connectivity index (χ2n) is 8.05. The van der Waals surface area contributed by atoms with Gasteiger partial charge in [-0.15, -0.1) is 0 Å². The van der Waals surface area contributed by atoms with Crippen LogP contribution in [0.1, 0.15) is 29.4 Å². The third-order valence-electron chi connectivity index (χ3n) is 5.35. The first-order chi connectivity index (χ1) is 15.7. The number of hydrogen-bond acceptors (Lipinski definition) is 5. The van der Waals surface area contributed by atoms with E-state index in [0.717, 1.165) is 22.4 Å². The minimum absolute atomic E-state index is 0.167. The predicted octanol–water partition coefficient (Wildman–Crippen LogP) is 5.74. The zero-order valence-electron chi connectivity index (χ0n) is 18.8. The Morgan fingerprint density at radius 3 is 2.58 bits per heavy atom. The molecular formula is C25H24ClN3O3S. The third kappa shape index (κ3) is 4.99. The molecule has 170 valence electrons. The number of halogens is 1. The second-order valence-corrected chi connectivity index (χ2v) is 9.79. The molecule has 4 rings (SSSR count). The molecule has 0 radical (unpaired) electrons. The fraction of sp³-hybridized carbons (Fsp3) is 0.240. The summed E-state index contributed by atoms with van der Waals surface area (Å²) in [6.07, 6.45) is 1.56. The maximum Gasteiger partial charge on any atom is 0.262 e.